The van der Waals surface area contributed by atoms with Gasteiger partial charge in [-0.1, -0.05) is 19.3 Å². The maximum Gasteiger partial charge on any atom is 0.339 e. The lowest BCUT2D eigenvalue weighted by molar-refractivity contribution is 0.0693. The number of urea groups is 1. The second kappa shape index (κ2) is 6.97. The van der Waals surface area contributed by atoms with Crippen molar-refractivity contribution in [1.82, 2.24) is 4.90 Å². The summed E-state index contributed by atoms with van der Waals surface area (Å²) in [6.07, 6.45) is 5.46. The Morgan fingerprint density at radius 1 is 1.05 bits per heavy atom. The van der Waals surface area contributed by atoms with E-state index in [4.69, 9.17) is 5.11 Å². The Kier molecular flexibility index (Phi) is 5.03. The van der Waals surface area contributed by atoms with Crippen molar-refractivity contribution in [3.05, 3.63) is 23.8 Å². The Morgan fingerprint density at radius 2 is 1.67 bits per heavy atom. The number of carbonyl (C=O) groups is 2. The third-order valence-corrected chi connectivity index (χ3v) is 3.62. The molecule has 0 radical (unpaired) electrons. The molecule has 1 aromatic rings. The van der Waals surface area contributed by atoms with Crippen LogP contribution in [0.3, 0.4) is 0 Å². The van der Waals surface area contributed by atoms with Crippen LogP contribution in [-0.2, 0) is 0 Å². The van der Waals surface area contributed by atoms with E-state index < -0.39 is 5.97 Å². The van der Waals surface area contributed by atoms with Crippen molar-refractivity contribution in [2.45, 2.75) is 32.1 Å². The maximum absolute atomic E-state index is 12.2. The Hall–Kier alpha value is -2.24. The number of carbonyl (C=O) groups excluding carboxylic acids is 1. The first-order valence-corrected chi connectivity index (χ1v) is 7.20. The lowest BCUT2D eigenvalue weighted by atomic mass is 10.1. The minimum absolute atomic E-state index is 0.222. The smallest absolute Gasteiger partial charge is 0.339 e. The van der Waals surface area contributed by atoms with Gasteiger partial charge in [0.2, 0.25) is 0 Å². The van der Waals surface area contributed by atoms with Gasteiger partial charge in [0.25, 0.3) is 0 Å². The Bertz CT molecular complexity index is 522. The van der Waals surface area contributed by atoms with Crippen LogP contribution in [0, 0.1) is 0 Å². The molecule has 1 heterocycles. The molecule has 1 aliphatic heterocycles. The topological polar surface area (TPSA) is 89.9 Å². The molecule has 1 aromatic carbocycles. The first-order chi connectivity index (χ1) is 10.1. The van der Waals surface area contributed by atoms with E-state index in [2.05, 4.69) is 5.32 Å². The van der Waals surface area contributed by atoms with Crippen molar-refractivity contribution in [2.75, 3.05) is 18.4 Å². The van der Waals surface area contributed by atoms with E-state index in [9.17, 15) is 14.7 Å². The highest BCUT2D eigenvalue weighted by molar-refractivity contribution is 5.95. The molecule has 0 atom stereocenters. The number of nitrogens with zero attached hydrogens (tertiary/aromatic N) is 1. The van der Waals surface area contributed by atoms with Crippen LogP contribution in [-0.4, -0.2) is 40.2 Å². The van der Waals surface area contributed by atoms with Crippen molar-refractivity contribution in [1.29, 1.82) is 0 Å². The molecular formula is C15H20N2O4. The van der Waals surface area contributed by atoms with Gasteiger partial charge in [-0.2, -0.15) is 0 Å². The number of carboxylic acids is 1. The number of rotatable bonds is 2. The molecule has 2 amide bonds. The van der Waals surface area contributed by atoms with Crippen LogP contribution >= 0.6 is 0 Å². The number of likely N-dealkylation sites (tertiary alicyclic amines) is 1. The number of carboxylic acid groups (broad SMARTS) is 1. The average Bonchev–Trinajstić information content (AvgIpc) is 2.40. The zero-order valence-electron chi connectivity index (χ0n) is 11.8. The molecule has 21 heavy (non-hydrogen) atoms. The Balaban J connectivity index is 2.04. The molecular weight excluding hydrogens is 272 g/mol. The quantitative estimate of drug-likeness (QED) is 0.731. The normalized spacial score (nSPS) is 15.9. The van der Waals surface area contributed by atoms with E-state index in [1.165, 1.54) is 24.6 Å². The van der Waals surface area contributed by atoms with Crippen molar-refractivity contribution in [2.24, 2.45) is 0 Å². The zero-order valence-corrected chi connectivity index (χ0v) is 11.8. The molecule has 6 heteroatoms. The third-order valence-electron chi connectivity index (χ3n) is 3.62. The summed E-state index contributed by atoms with van der Waals surface area (Å²) in [4.78, 5) is 24.9. The first-order valence-electron chi connectivity index (χ1n) is 7.20. The summed E-state index contributed by atoms with van der Waals surface area (Å²) in [5.41, 5.74) is 0.151. The SMILES string of the molecule is O=C(O)c1cc(NC(=O)N2CCCCCCC2)ccc1O. The number of phenols is 1. The van der Waals surface area contributed by atoms with Gasteiger partial charge in [-0.05, 0) is 31.0 Å². The highest BCUT2D eigenvalue weighted by Crippen LogP contribution is 2.22. The number of aromatic carboxylic acids is 1. The van der Waals surface area contributed by atoms with Crippen molar-refractivity contribution in [3.8, 4) is 5.75 Å². The summed E-state index contributed by atoms with van der Waals surface area (Å²) < 4.78 is 0. The van der Waals surface area contributed by atoms with Gasteiger partial charge in [0.15, 0.2) is 0 Å². The predicted molar refractivity (Wildman–Crippen MR) is 78.7 cm³/mol. The molecule has 2 rings (SSSR count). The van der Waals surface area contributed by atoms with Crippen LogP contribution in [0.2, 0.25) is 0 Å². The molecule has 0 saturated carbocycles. The summed E-state index contributed by atoms with van der Waals surface area (Å²) in [6.45, 7) is 1.44. The van der Waals surface area contributed by atoms with Gasteiger partial charge in [-0.3, -0.25) is 0 Å². The third kappa shape index (κ3) is 4.11. The van der Waals surface area contributed by atoms with Gasteiger partial charge < -0.3 is 20.4 Å². The molecule has 1 aliphatic rings. The van der Waals surface area contributed by atoms with Crippen LogP contribution in [0.25, 0.3) is 0 Å². The van der Waals surface area contributed by atoms with E-state index in [-0.39, 0.29) is 17.3 Å². The fourth-order valence-electron chi connectivity index (χ4n) is 2.44. The minimum Gasteiger partial charge on any atom is -0.507 e. The second-order valence-electron chi connectivity index (χ2n) is 5.22. The number of anilines is 1. The standard InChI is InChI=1S/C15H20N2O4/c18-13-7-6-11(10-12(13)14(19)20)16-15(21)17-8-4-2-1-3-5-9-17/h6-7,10,18H,1-5,8-9H2,(H,16,21)(H,19,20). The molecule has 6 nitrogen and oxygen atoms in total. The lowest BCUT2D eigenvalue weighted by Crippen LogP contribution is -2.37. The number of nitrogens with one attached hydrogen (secondary N) is 1. The molecule has 114 valence electrons. The number of hydrogen-bond acceptors (Lipinski definition) is 3. The number of hydrogen-bond donors (Lipinski definition) is 3. The molecule has 1 fully saturated rings. The van der Waals surface area contributed by atoms with Gasteiger partial charge in [0.1, 0.15) is 11.3 Å². The number of amides is 2. The molecule has 0 aromatic heterocycles. The van der Waals surface area contributed by atoms with Crippen molar-refractivity contribution < 1.29 is 19.8 Å². The van der Waals surface area contributed by atoms with Crippen molar-refractivity contribution >= 4 is 17.7 Å². The summed E-state index contributed by atoms with van der Waals surface area (Å²) in [5, 5.41) is 21.1. The zero-order chi connectivity index (χ0) is 15.2. The molecule has 0 bridgehead atoms. The molecule has 0 aliphatic carbocycles. The van der Waals surface area contributed by atoms with Crippen LogP contribution in [0.15, 0.2) is 18.2 Å². The number of benzene rings is 1. The van der Waals surface area contributed by atoms with Crippen LogP contribution in [0.5, 0.6) is 5.75 Å². The highest BCUT2D eigenvalue weighted by Gasteiger charge is 2.16. The fourth-order valence-corrected chi connectivity index (χ4v) is 2.44. The van der Waals surface area contributed by atoms with E-state index in [0.717, 1.165) is 38.8 Å². The molecule has 0 spiro atoms. The predicted octanol–water partition coefficient (Wildman–Crippen LogP) is 2.89. The molecule has 1 saturated heterocycles. The summed E-state index contributed by atoms with van der Waals surface area (Å²) in [5.74, 6) is -1.54. The first kappa shape index (κ1) is 15.2. The fraction of sp³-hybridized carbons (Fsp3) is 0.467. The number of aromatic hydroxyl groups is 1. The van der Waals surface area contributed by atoms with E-state index >= 15 is 0 Å². The summed E-state index contributed by atoms with van der Waals surface area (Å²) in [7, 11) is 0. The van der Waals surface area contributed by atoms with Crippen LogP contribution < -0.4 is 5.32 Å². The summed E-state index contributed by atoms with van der Waals surface area (Å²) in [6, 6.07) is 3.80. The molecule has 0 unspecified atom stereocenters. The summed E-state index contributed by atoms with van der Waals surface area (Å²) >= 11 is 0. The monoisotopic (exact) mass is 292 g/mol. The Labute approximate surface area is 123 Å². The van der Waals surface area contributed by atoms with Crippen LogP contribution in [0.4, 0.5) is 10.5 Å². The van der Waals surface area contributed by atoms with Gasteiger partial charge in [0.05, 0.1) is 0 Å². The van der Waals surface area contributed by atoms with Gasteiger partial charge in [0, 0.05) is 18.8 Å². The minimum atomic E-state index is -1.23. The second-order valence-corrected chi connectivity index (χ2v) is 5.22. The lowest BCUT2D eigenvalue weighted by Gasteiger charge is -2.25. The average molecular weight is 292 g/mol. The maximum atomic E-state index is 12.2. The van der Waals surface area contributed by atoms with Gasteiger partial charge in [-0.15, -0.1) is 0 Å². The van der Waals surface area contributed by atoms with Crippen LogP contribution in [0.1, 0.15) is 42.5 Å². The van der Waals surface area contributed by atoms with Gasteiger partial charge in [-0.25, -0.2) is 9.59 Å². The largest absolute Gasteiger partial charge is 0.507 e. The molecule has 3 N–H and O–H groups in total. The highest BCUT2D eigenvalue weighted by atomic mass is 16.4. The van der Waals surface area contributed by atoms with E-state index in [1.54, 1.807) is 4.90 Å². The Morgan fingerprint density at radius 3 is 2.29 bits per heavy atom. The van der Waals surface area contributed by atoms with Crippen molar-refractivity contribution in [3.63, 3.8) is 0 Å². The van der Waals surface area contributed by atoms with E-state index in [0.29, 0.717) is 5.69 Å². The van der Waals surface area contributed by atoms with E-state index in [1.807, 2.05) is 0 Å². The van der Waals surface area contributed by atoms with Gasteiger partial charge >= 0.3 is 12.0 Å².